The number of nitrogens with two attached hydrogens (primary N) is 1. The number of aliphatic imine (C=N–C) groups is 1. The van der Waals surface area contributed by atoms with Crippen molar-refractivity contribution in [3.8, 4) is 0 Å². The molecule has 0 saturated heterocycles. The lowest BCUT2D eigenvalue weighted by Crippen LogP contribution is -2.34. The van der Waals surface area contributed by atoms with Crippen molar-refractivity contribution in [1.29, 1.82) is 0 Å². The lowest BCUT2D eigenvalue weighted by atomic mass is 9.81. The molecule has 1 fully saturated rings. The average molecular weight is 323 g/mol. The Kier molecular flexibility index (Phi) is 5.41. The Labute approximate surface area is 133 Å². The van der Waals surface area contributed by atoms with E-state index in [1.54, 1.807) is 25.1 Å². The van der Waals surface area contributed by atoms with Crippen LogP contribution in [0.5, 0.6) is 0 Å². The van der Waals surface area contributed by atoms with Crippen LogP contribution in [-0.2, 0) is 9.53 Å². The number of aryl methyl sites for hydroxylation is 1. The summed E-state index contributed by atoms with van der Waals surface area (Å²) in [6, 6.07) is 5.01. The highest BCUT2D eigenvalue weighted by atomic mass is 19.3. The van der Waals surface area contributed by atoms with Gasteiger partial charge in [0.2, 0.25) is 0 Å². The van der Waals surface area contributed by atoms with Crippen molar-refractivity contribution in [2.45, 2.75) is 32.2 Å². The maximum atomic E-state index is 13.0. The third kappa shape index (κ3) is 4.12. The number of rotatable bonds is 5. The van der Waals surface area contributed by atoms with Crippen molar-refractivity contribution in [3.63, 3.8) is 0 Å². The first-order valence-electron chi connectivity index (χ1n) is 7.25. The Morgan fingerprint density at radius 2 is 2.17 bits per heavy atom. The Morgan fingerprint density at radius 3 is 2.74 bits per heavy atom. The molecule has 1 aromatic rings. The third-order valence-corrected chi connectivity index (χ3v) is 3.77. The zero-order valence-corrected chi connectivity index (χ0v) is 13.0. The molecule has 0 radical (unpaired) electrons. The number of carbonyl (C=O) groups excluding carboxylic acids is 1. The van der Waals surface area contributed by atoms with Crippen LogP contribution in [0.4, 0.5) is 8.78 Å². The van der Waals surface area contributed by atoms with E-state index in [1.807, 2.05) is 0 Å². The SMILES string of the molecule is COC(=O)C1CC(N=CC(=C(N)C(F)F)c2cccc(C)n2)C1. The molecule has 124 valence electrons. The second-order valence-electron chi connectivity index (χ2n) is 5.46. The summed E-state index contributed by atoms with van der Waals surface area (Å²) in [6.45, 7) is 1.77. The van der Waals surface area contributed by atoms with Crippen molar-refractivity contribution in [1.82, 2.24) is 4.98 Å². The molecule has 5 nitrogen and oxygen atoms in total. The molecule has 0 aliphatic heterocycles. The number of aromatic nitrogens is 1. The molecule has 2 rings (SSSR count). The minimum absolute atomic E-state index is 0.0932. The number of esters is 1. The van der Waals surface area contributed by atoms with Gasteiger partial charge in [-0.1, -0.05) is 6.07 Å². The van der Waals surface area contributed by atoms with Gasteiger partial charge < -0.3 is 10.5 Å². The molecule has 1 heterocycles. The summed E-state index contributed by atoms with van der Waals surface area (Å²) in [5.41, 5.74) is 6.12. The number of pyridine rings is 1. The van der Waals surface area contributed by atoms with Gasteiger partial charge in [-0.25, -0.2) is 8.78 Å². The highest BCUT2D eigenvalue weighted by molar-refractivity contribution is 6.10. The van der Waals surface area contributed by atoms with E-state index >= 15 is 0 Å². The monoisotopic (exact) mass is 323 g/mol. The lowest BCUT2D eigenvalue weighted by Gasteiger charge is -2.30. The summed E-state index contributed by atoms with van der Waals surface area (Å²) in [5.74, 6) is -0.432. The van der Waals surface area contributed by atoms with Crippen LogP contribution < -0.4 is 5.73 Å². The number of hydrogen-bond donors (Lipinski definition) is 1. The van der Waals surface area contributed by atoms with Crippen molar-refractivity contribution in [2.24, 2.45) is 16.6 Å². The molecule has 0 amide bonds. The number of allylic oxidation sites excluding steroid dienone is 2. The zero-order chi connectivity index (χ0) is 17.0. The van der Waals surface area contributed by atoms with Gasteiger partial charge in [-0.2, -0.15) is 0 Å². The molecular weight excluding hydrogens is 304 g/mol. The van der Waals surface area contributed by atoms with Gasteiger partial charge in [-0.3, -0.25) is 14.8 Å². The van der Waals surface area contributed by atoms with Crippen LogP contribution in [0.2, 0.25) is 0 Å². The zero-order valence-electron chi connectivity index (χ0n) is 13.0. The van der Waals surface area contributed by atoms with E-state index in [2.05, 4.69) is 14.7 Å². The van der Waals surface area contributed by atoms with Gasteiger partial charge in [-0.05, 0) is 31.9 Å². The fraction of sp³-hybridized carbons (Fsp3) is 0.438. The van der Waals surface area contributed by atoms with Gasteiger partial charge >= 0.3 is 5.97 Å². The summed E-state index contributed by atoms with van der Waals surface area (Å²) in [5, 5.41) is 0. The molecule has 1 aliphatic rings. The molecule has 7 heteroatoms. The summed E-state index contributed by atoms with van der Waals surface area (Å²) in [4.78, 5) is 19.8. The highest BCUT2D eigenvalue weighted by Gasteiger charge is 2.34. The van der Waals surface area contributed by atoms with E-state index in [9.17, 15) is 13.6 Å². The van der Waals surface area contributed by atoms with Crippen molar-refractivity contribution in [3.05, 3.63) is 35.3 Å². The number of alkyl halides is 2. The fourth-order valence-electron chi connectivity index (χ4n) is 2.35. The predicted molar refractivity (Wildman–Crippen MR) is 83.1 cm³/mol. The second-order valence-corrected chi connectivity index (χ2v) is 5.46. The quantitative estimate of drug-likeness (QED) is 0.666. The normalized spacial score (nSPS) is 22.0. The predicted octanol–water partition coefficient (Wildman–Crippen LogP) is 2.35. The maximum absolute atomic E-state index is 13.0. The molecule has 0 atom stereocenters. The standard InChI is InChI=1S/C16H19F2N3O2/c1-9-4-3-5-13(21-9)12(14(19)15(17)18)8-20-11-6-10(7-11)16(22)23-2/h3-5,8,10-11,15H,6-7,19H2,1-2H3. The van der Waals surface area contributed by atoms with Gasteiger partial charge in [0.1, 0.15) is 0 Å². The first-order valence-corrected chi connectivity index (χ1v) is 7.25. The van der Waals surface area contributed by atoms with Crippen LogP contribution in [-0.4, -0.2) is 36.7 Å². The van der Waals surface area contributed by atoms with Gasteiger partial charge in [0.05, 0.1) is 30.5 Å². The first kappa shape index (κ1) is 17.1. The molecule has 0 spiro atoms. The van der Waals surface area contributed by atoms with E-state index in [1.165, 1.54) is 13.3 Å². The van der Waals surface area contributed by atoms with Crippen LogP contribution in [0.3, 0.4) is 0 Å². The number of carbonyl (C=O) groups is 1. The minimum atomic E-state index is -2.79. The topological polar surface area (TPSA) is 77.6 Å². The summed E-state index contributed by atoms with van der Waals surface area (Å²) < 4.78 is 30.6. The summed E-state index contributed by atoms with van der Waals surface area (Å²) >= 11 is 0. The maximum Gasteiger partial charge on any atom is 0.308 e. The second kappa shape index (κ2) is 7.30. The van der Waals surface area contributed by atoms with E-state index < -0.39 is 12.1 Å². The summed E-state index contributed by atoms with van der Waals surface area (Å²) in [7, 11) is 1.34. The minimum Gasteiger partial charge on any atom is -0.469 e. The van der Waals surface area contributed by atoms with Crippen LogP contribution in [0.15, 0.2) is 28.9 Å². The molecular formula is C16H19F2N3O2. The van der Waals surface area contributed by atoms with Crippen molar-refractivity contribution >= 4 is 17.8 Å². The van der Waals surface area contributed by atoms with E-state index in [4.69, 9.17) is 5.73 Å². The van der Waals surface area contributed by atoms with Gasteiger partial charge in [-0.15, -0.1) is 0 Å². The van der Waals surface area contributed by atoms with E-state index in [-0.39, 0.29) is 23.5 Å². The van der Waals surface area contributed by atoms with Crippen LogP contribution in [0.1, 0.15) is 24.2 Å². The molecule has 23 heavy (non-hydrogen) atoms. The molecule has 0 bridgehead atoms. The van der Waals surface area contributed by atoms with Crippen LogP contribution in [0.25, 0.3) is 5.57 Å². The molecule has 2 N–H and O–H groups in total. The largest absolute Gasteiger partial charge is 0.469 e. The lowest BCUT2D eigenvalue weighted by molar-refractivity contribution is -0.148. The number of halogens is 2. The Morgan fingerprint density at radius 1 is 1.48 bits per heavy atom. The highest BCUT2D eigenvalue weighted by Crippen LogP contribution is 2.31. The first-order chi connectivity index (χ1) is 10.9. The van der Waals surface area contributed by atoms with E-state index in [0.29, 0.717) is 24.2 Å². The molecule has 0 aromatic carbocycles. The van der Waals surface area contributed by atoms with E-state index in [0.717, 1.165) is 0 Å². The molecule has 1 aromatic heterocycles. The van der Waals surface area contributed by atoms with Gasteiger partial charge in [0, 0.05) is 17.5 Å². The molecule has 1 aliphatic carbocycles. The van der Waals surface area contributed by atoms with Crippen LogP contribution in [0, 0.1) is 12.8 Å². The number of nitrogens with zero attached hydrogens (tertiary/aromatic N) is 2. The Balaban J connectivity index is 2.16. The van der Waals surface area contributed by atoms with Crippen LogP contribution >= 0.6 is 0 Å². The van der Waals surface area contributed by atoms with Gasteiger partial charge in [0.15, 0.2) is 0 Å². The fourth-order valence-corrected chi connectivity index (χ4v) is 2.35. The summed E-state index contributed by atoms with van der Waals surface area (Å²) in [6.07, 6.45) is -0.358. The third-order valence-electron chi connectivity index (χ3n) is 3.77. The van der Waals surface area contributed by atoms with Crippen molar-refractivity contribution < 1.29 is 18.3 Å². The Hall–Kier alpha value is -2.31. The van der Waals surface area contributed by atoms with Gasteiger partial charge in [0.25, 0.3) is 6.43 Å². The number of methoxy groups -OCH3 is 1. The molecule has 0 unspecified atom stereocenters. The Bertz CT molecular complexity index is 638. The number of ether oxygens (including phenoxy) is 1. The molecule has 1 saturated carbocycles. The smallest absolute Gasteiger partial charge is 0.308 e. The van der Waals surface area contributed by atoms with Crippen molar-refractivity contribution in [2.75, 3.05) is 7.11 Å². The number of hydrogen-bond acceptors (Lipinski definition) is 5. The average Bonchev–Trinajstić information content (AvgIpc) is 2.48.